The number of rotatable bonds is 2. The number of nitrogens with zero attached hydrogens (tertiary/aromatic N) is 2. The third kappa shape index (κ3) is 5.82. The highest BCUT2D eigenvalue weighted by molar-refractivity contribution is 5.81. The number of halogens is 3. The summed E-state index contributed by atoms with van der Waals surface area (Å²) < 4.78 is 43.4. The molecule has 0 radical (unpaired) electrons. The molecule has 166 valence electrons. The van der Waals surface area contributed by atoms with Crippen LogP contribution in [0.3, 0.4) is 0 Å². The number of alkyl halides is 3. The summed E-state index contributed by atoms with van der Waals surface area (Å²) in [6.45, 7) is 5.84. The normalized spacial score (nSPS) is 31.1. The highest BCUT2D eigenvalue weighted by Gasteiger charge is 2.44. The van der Waals surface area contributed by atoms with Crippen LogP contribution < -0.4 is 0 Å². The Labute approximate surface area is 168 Å². The summed E-state index contributed by atoms with van der Waals surface area (Å²) in [5.74, 6) is -1.91. The fourth-order valence-electron chi connectivity index (χ4n) is 4.64. The van der Waals surface area contributed by atoms with E-state index in [1.165, 1.54) is 13.0 Å². The van der Waals surface area contributed by atoms with E-state index in [9.17, 15) is 18.0 Å². The van der Waals surface area contributed by atoms with Gasteiger partial charge in [-0.1, -0.05) is 0 Å². The molecule has 0 aliphatic carbocycles. The van der Waals surface area contributed by atoms with Crippen molar-refractivity contribution in [3.8, 4) is 0 Å². The minimum Gasteiger partial charge on any atom is -0.475 e. The van der Waals surface area contributed by atoms with Gasteiger partial charge in [0.1, 0.15) is 6.10 Å². The van der Waals surface area contributed by atoms with Crippen molar-refractivity contribution in [1.29, 1.82) is 0 Å². The maximum atomic E-state index is 12.5. The molecule has 0 saturated carbocycles. The second-order valence-corrected chi connectivity index (χ2v) is 8.12. The van der Waals surface area contributed by atoms with Crippen molar-refractivity contribution in [2.75, 3.05) is 39.4 Å². The van der Waals surface area contributed by atoms with Crippen LogP contribution in [0.4, 0.5) is 13.2 Å². The van der Waals surface area contributed by atoms with Crippen LogP contribution in [0.2, 0.25) is 0 Å². The number of hydrogen-bond donors (Lipinski definition) is 1. The average molecular weight is 422 g/mol. The molecular weight excluding hydrogens is 393 g/mol. The molecule has 1 N–H and O–H groups in total. The molecule has 4 heterocycles. The van der Waals surface area contributed by atoms with Crippen LogP contribution in [0.5, 0.6) is 0 Å². The Morgan fingerprint density at radius 3 is 2.21 bits per heavy atom. The molecule has 0 spiro atoms. The number of carboxylic acid groups (broad SMARTS) is 1. The van der Waals surface area contributed by atoms with Crippen molar-refractivity contribution in [2.45, 2.75) is 63.0 Å². The third-order valence-electron chi connectivity index (χ3n) is 6.23. The monoisotopic (exact) mass is 422 g/mol. The predicted octanol–water partition coefficient (Wildman–Crippen LogP) is 1.90. The van der Waals surface area contributed by atoms with E-state index in [0.717, 1.165) is 65.0 Å². The Morgan fingerprint density at radius 1 is 1.00 bits per heavy atom. The first-order valence-electron chi connectivity index (χ1n) is 10.3. The van der Waals surface area contributed by atoms with Crippen molar-refractivity contribution in [3.63, 3.8) is 0 Å². The lowest BCUT2D eigenvalue weighted by Crippen LogP contribution is -2.49. The number of carboxylic acids is 1. The third-order valence-corrected chi connectivity index (χ3v) is 6.23. The first-order valence-corrected chi connectivity index (χ1v) is 10.3. The molecule has 0 bridgehead atoms. The number of ether oxygens (including phenoxy) is 2. The van der Waals surface area contributed by atoms with Crippen molar-refractivity contribution in [2.24, 2.45) is 5.92 Å². The van der Waals surface area contributed by atoms with Crippen molar-refractivity contribution < 1.29 is 37.3 Å². The number of carbonyl (C=O) groups is 2. The predicted molar refractivity (Wildman–Crippen MR) is 96.3 cm³/mol. The van der Waals surface area contributed by atoms with Crippen molar-refractivity contribution >= 4 is 11.9 Å². The highest BCUT2D eigenvalue weighted by Crippen LogP contribution is 2.35. The van der Waals surface area contributed by atoms with E-state index in [0.29, 0.717) is 12.0 Å². The van der Waals surface area contributed by atoms with Crippen LogP contribution in [0.15, 0.2) is 0 Å². The van der Waals surface area contributed by atoms with E-state index < -0.39 is 12.1 Å². The zero-order valence-electron chi connectivity index (χ0n) is 16.4. The van der Waals surface area contributed by atoms with Crippen LogP contribution in [-0.2, 0) is 19.1 Å². The summed E-state index contributed by atoms with van der Waals surface area (Å²) in [4.78, 5) is 26.0. The number of hydrogen-bond acceptors (Lipinski definition) is 5. The molecule has 3 atom stereocenters. The SMILES string of the molecule is O=C(O)C(F)(F)F.O=C([C@H]1C[C@@H]2CCN(C3CCOCC3)C[C@@H]2O1)N1CCCC1. The van der Waals surface area contributed by atoms with Gasteiger partial charge in [-0.3, -0.25) is 9.69 Å². The van der Waals surface area contributed by atoms with Gasteiger partial charge < -0.3 is 19.5 Å². The van der Waals surface area contributed by atoms with E-state index in [2.05, 4.69) is 4.90 Å². The highest BCUT2D eigenvalue weighted by atomic mass is 19.4. The summed E-state index contributed by atoms with van der Waals surface area (Å²) in [5.41, 5.74) is 0. The number of likely N-dealkylation sites (tertiary alicyclic amines) is 2. The molecule has 0 aromatic carbocycles. The van der Waals surface area contributed by atoms with Gasteiger partial charge in [0.05, 0.1) is 6.10 Å². The molecule has 0 unspecified atom stereocenters. The van der Waals surface area contributed by atoms with E-state index in [4.69, 9.17) is 19.4 Å². The van der Waals surface area contributed by atoms with Gasteiger partial charge in [0.2, 0.25) is 0 Å². The molecular formula is C19H29F3N2O5. The first kappa shape index (κ1) is 22.3. The summed E-state index contributed by atoms with van der Waals surface area (Å²) in [5, 5.41) is 7.12. The summed E-state index contributed by atoms with van der Waals surface area (Å²) >= 11 is 0. The molecule has 0 aromatic rings. The standard InChI is InChI=1S/C17H28N2O3.C2HF3O2/c20-17(18-6-1-2-7-18)15-11-13-3-8-19(12-16(13)22-15)14-4-9-21-10-5-14;3-2(4,5)1(6)7/h13-16H,1-12H2;(H,6,7)/t13-,15+,16-;/m0./s1. The van der Waals surface area contributed by atoms with Gasteiger partial charge in [-0.25, -0.2) is 4.79 Å². The number of carbonyl (C=O) groups excluding carboxylic acids is 1. The van der Waals surface area contributed by atoms with E-state index >= 15 is 0 Å². The fraction of sp³-hybridized carbons (Fsp3) is 0.895. The Hall–Kier alpha value is -1.39. The molecule has 4 fully saturated rings. The van der Waals surface area contributed by atoms with Crippen LogP contribution in [0.25, 0.3) is 0 Å². The topological polar surface area (TPSA) is 79.3 Å². The van der Waals surface area contributed by atoms with E-state index in [1.54, 1.807) is 0 Å². The van der Waals surface area contributed by atoms with Gasteiger partial charge in [0.25, 0.3) is 5.91 Å². The molecule has 10 heteroatoms. The lowest BCUT2D eigenvalue weighted by atomic mass is 9.90. The van der Waals surface area contributed by atoms with Crippen LogP contribution in [0, 0.1) is 5.92 Å². The van der Waals surface area contributed by atoms with Crippen LogP contribution in [0.1, 0.15) is 38.5 Å². The van der Waals surface area contributed by atoms with Gasteiger partial charge in [-0.05, 0) is 51.0 Å². The maximum Gasteiger partial charge on any atom is 0.490 e. The molecule has 4 saturated heterocycles. The van der Waals surface area contributed by atoms with Gasteiger partial charge >= 0.3 is 12.1 Å². The second-order valence-electron chi connectivity index (χ2n) is 8.12. The molecule has 7 nitrogen and oxygen atoms in total. The first-order chi connectivity index (χ1) is 13.8. The number of amides is 1. The van der Waals surface area contributed by atoms with Crippen LogP contribution in [-0.4, -0.2) is 90.6 Å². The number of piperidine rings is 1. The summed E-state index contributed by atoms with van der Waals surface area (Å²) in [7, 11) is 0. The van der Waals surface area contributed by atoms with E-state index in [1.807, 2.05) is 4.90 Å². The van der Waals surface area contributed by atoms with Crippen molar-refractivity contribution in [3.05, 3.63) is 0 Å². The molecule has 29 heavy (non-hydrogen) atoms. The van der Waals surface area contributed by atoms with Gasteiger partial charge in [-0.15, -0.1) is 0 Å². The van der Waals surface area contributed by atoms with Crippen molar-refractivity contribution in [1.82, 2.24) is 9.80 Å². The Kier molecular flexibility index (Phi) is 7.39. The Balaban J connectivity index is 0.000000298. The second kappa shape index (κ2) is 9.61. The Morgan fingerprint density at radius 2 is 1.62 bits per heavy atom. The fourth-order valence-corrected chi connectivity index (χ4v) is 4.64. The lowest BCUT2D eigenvalue weighted by Gasteiger charge is -2.40. The number of fused-ring (bicyclic) bond motifs is 1. The maximum absolute atomic E-state index is 12.5. The molecule has 4 aliphatic heterocycles. The minimum atomic E-state index is -5.08. The minimum absolute atomic E-state index is 0.164. The molecule has 1 amide bonds. The van der Waals surface area contributed by atoms with Crippen LogP contribution >= 0.6 is 0 Å². The zero-order chi connectivity index (χ0) is 21.0. The smallest absolute Gasteiger partial charge is 0.475 e. The quantitative estimate of drug-likeness (QED) is 0.732. The summed E-state index contributed by atoms with van der Waals surface area (Å²) in [6, 6.07) is 0.659. The molecule has 4 aliphatic rings. The number of aliphatic carboxylic acids is 1. The van der Waals surface area contributed by atoms with E-state index in [-0.39, 0.29) is 18.1 Å². The zero-order valence-corrected chi connectivity index (χ0v) is 16.4. The van der Waals surface area contributed by atoms with Gasteiger partial charge in [-0.2, -0.15) is 13.2 Å². The largest absolute Gasteiger partial charge is 0.490 e. The summed E-state index contributed by atoms with van der Waals surface area (Å²) in [6.07, 6.45) is 1.76. The lowest BCUT2D eigenvalue weighted by molar-refractivity contribution is -0.192. The Bertz CT molecular complexity index is 577. The van der Waals surface area contributed by atoms with Gasteiger partial charge in [0.15, 0.2) is 0 Å². The molecule has 0 aromatic heterocycles. The molecule has 4 rings (SSSR count). The van der Waals surface area contributed by atoms with Gasteiger partial charge in [0, 0.05) is 38.9 Å². The average Bonchev–Trinajstić information content (AvgIpc) is 3.37.